The van der Waals surface area contributed by atoms with E-state index >= 15 is 0 Å². The fraction of sp³-hybridized carbons (Fsp3) is 0.929. The fourth-order valence-electron chi connectivity index (χ4n) is 3.07. The van der Waals surface area contributed by atoms with E-state index in [2.05, 4.69) is 18.7 Å². The zero-order chi connectivity index (χ0) is 13.8. The molecule has 0 aliphatic heterocycles. The first-order chi connectivity index (χ1) is 8.41. The molecule has 1 fully saturated rings. The highest BCUT2D eigenvalue weighted by atomic mass is 16.5. The summed E-state index contributed by atoms with van der Waals surface area (Å²) < 4.78 is 5.14. The summed E-state index contributed by atoms with van der Waals surface area (Å²) in [6.45, 7) is 5.50. The number of ether oxygens (including phenoxy) is 1. The Balaban J connectivity index is 2.70. The Labute approximate surface area is 110 Å². The summed E-state index contributed by atoms with van der Waals surface area (Å²) in [6, 6.07) is 0.253. The van der Waals surface area contributed by atoms with Gasteiger partial charge in [0.2, 0.25) is 0 Å². The number of aliphatic carboxylic acids is 1. The van der Waals surface area contributed by atoms with Crippen molar-refractivity contribution in [2.45, 2.75) is 45.6 Å². The number of methoxy groups -OCH3 is 1. The van der Waals surface area contributed by atoms with Gasteiger partial charge in [-0.3, -0.25) is 4.79 Å². The van der Waals surface area contributed by atoms with Gasteiger partial charge in [-0.25, -0.2) is 0 Å². The number of carboxylic acid groups (broad SMARTS) is 1. The summed E-state index contributed by atoms with van der Waals surface area (Å²) in [7, 11) is 3.67. The molecule has 0 radical (unpaired) electrons. The number of nitrogens with zero attached hydrogens (tertiary/aromatic N) is 1. The van der Waals surface area contributed by atoms with Gasteiger partial charge in [0.1, 0.15) is 0 Å². The first kappa shape index (κ1) is 15.4. The lowest BCUT2D eigenvalue weighted by atomic mass is 9.69. The third-order valence-corrected chi connectivity index (χ3v) is 4.26. The van der Waals surface area contributed by atoms with Crippen molar-refractivity contribution in [3.8, 4) is 0 Å². The predicted molar refractivity (Wildman–Crippen MR) is 71.7 cm³/mol. The fourth-order valence-corrected chi connectivity index (χ4v) is 3.07. The van der Waals surface area contributed by atoms with Gasteiger partial charge in [-0.1, -0.05) is 19.8 Å². The van der Waals surface area contributed by atoms with E-state index in [4.69, 9.17) is 4.74 Å². The quantitative estimate of drug-likeness (QED) is 0.793. The summed E-state index contributed by atoms with van der Waals surface area (Å²) in [5.41, 5.74) is -0.561. The Kier molecular flexibility index (Phi) is 5.60. The topological polar surface area (TPSA) is 49.8 Å². The van der Waals surface area contributed by atoms with E-state index < -0.39 is 11.4 Å². The first-order valence-electron chi connectivity index (χ1n) is 6.84. The van der Waals surface area contributed by atoms with Crippen molar-refractivity contribution < 1.29 is 14.6 Å². The summed E-state index contributed by atoms with van der Waals surface area (Å²) in [4.78, 5) is 13.8. The molecule has 1 N–H and O–H groups in total. The van der Waals surface area contributed by atoms with Crippen molar-refractivity contribution in [3.63, 3.8) is 0 Å². The zero-order valence-corrected chi connectivity index (χ0v) is 12.1. The van der Waals surface area contributed by atoms with Gasteiger partial charge in [-0.15, -0.1) is 0 Å². The van der Waals surface area contributed by atoms with E-state index in [1.54, 1.807) is 7.11 Å². The molecule has 18 heavy (non-hydrogen) atoms. The van der Waals surface area contributed by atoms with Gasteiger partial charge in [-0.05, 0) is 32.7 Å². The standard InChI is InChI=1S/C14H27NO3/c1-11-6-5-7-14(8-11,13(16)17)10-15(3)12(2)9-18-4/h11-12H,5-10H2,1-4H3,(H,16,17). The van der Waals surface area contributed by atoms with Crippen molar-refractivity contribution >= 4 is 5.97 Å². The Hall–Kier alpha value is -0.610. The lowest BCUT2D eigenvalue weighted by Crippen LogP contribution is -2.48. The minimum absolute atomic E-state index is 0.253. The van der Waals surface area contributed by atoms with Crippen LogP contribution in [0.25, 0.3) is 0 Å². The van der Waals surface area contributed by atoms with Gasteiger partial charge in [0.15, 0.2) is 0 Å². The van der Waals surface area contributed by atoms with Crippen LogP contribution >= 0.6 is 0 Å². The average molecular weight is 257 g/mol. The van der Waals surface area contributed by atoms with Crippen LogP contribution < -0.4 is 0 Å². The molecule has 0 saturated heterocycles. The van der Waals surface area contributed by atoms with Gasteiger partial charge in [0, 0.05) is 19.7 Å². The molecular formula is C14H27NO3. The molecule has 3 unspecified atom stereocenters. The second kappa shape index (κ2) is 6.53. The highest BCUT2D eigenvalue weighted by Crippen LogP contribution is 2.40. The van der Waals surface area contributed by atoms with Crippen LogP contribution in [0, 0.1) is 11.3 Å². The normalized spacial score (nSPS) is 30.4. The molecule has 1 saturated carbocycles. The molecule has 4 heteroatoms. The molecule has 4 nitrogen and oxygen atoms in total. The largest absolute Gasteiger partial charge is 0.481 e. The van der Waals surface area contributed by atoms with Crippen molar-refractivity contribution in [1.29, 1.82) is 0 Å². The van der Waals surface area contributed by atoms with Crippen LogP contribution in [-0.2, 0) is 9.53 Å². The monoisotopic (exact) mass is 257 g/mol. The second-order valence-corrected chi connectivity index (χ2v) is 6.01. The van der Waals surface area contributed by atoms with E-state index in [0.717, 1.165) is 25.7 Å². The van der Waals surface area contributed by atoms with E-state index in [1.807, 2.05) is 7.05 Å². The van der Waals surface area contributed by atoms with E-state index in [0.29, 0.717) is 19.1 Å². The van der Waals surface area contributed by atoms with E-state index in [1.165, 1.54) is 0 Å². The molecule has 0 spiro atoms. The summed E-state index contributed by atoms with van der Waals surface area (Å²) >= 11 is 0. The number of hydrogen-bond donors (Lipinski definition) is 1. The highest BCUT2D eigenvalue weighted by molar-refractivity contribution is 5.75. The van der Waals surface area contributed by atoms with Gasteiger partial charge in [0.25, 0.3) is 0 Å². The molecule has 1 rings (SSSR count). The maximum Gasteiger partial charge on any atom is 0.310 e. The van der Waals surface area contributed by atoms with E-state index in [-0.39, 0.29) is 6.04 Å². The number of carboxylic acids is 1. The van der Waals surface area contributed by atoms with Gasteiger partial charge in [0.05, 0.1) is 12.0 Å². The minimum Gasteiger partial charge on any atom is -0.481 e. The molecule has 0 aromatic carbocycles. The van der Waals surface area contributed by atoms with Crippen LogP contribution in [0.15, 0.2) is 0 Å². The molecule has 0 heterocycles. The number of carbonyl (C=O) groups is 1. The summed E-state index contributed by atoms with van der Waals surface area (Å²) in [5.74, 6) is -0.119. The maximum atomic E-state index is 11.7. The summed E-state index contributed by atoms with van der Waals surface area (Å²) in [5, 5.41) is 9.61. The molecule has 0 aromatic rings. The summed E-state index contributed by atoms with van der Waals surface area (Å²) in [6.07, 6.45) is 3.79. The van der Waals surface area contributed by atoms with Crippen LogP contribution in [-0.4, -0.2) is 49.3 Å². The molecule has 1 aliphatic carbocycles. The van der Waals surface area contributed by atoms with Crippen LogP contribution in [0.2, 0.25) is 0 Å². The van der Waals surface area contributed by atoms with Crippen molar-refractivity contribution in [2.24, 2.45) is 11.3 Å². The Morgan fingerprint density at radius 1 is 1.61 bits per heavy atom. The molecule has 3 atom stereocenters. The van der Waals surface area contributed by atoms with Crippen molar-refractivity contribution in [3.05, 3.63) is 0 Å². The molecule has 106 valence electrons. The zero-order valence-electron chi connectivity index (χ0n) is 12.1. The van der Waals surface area contributed by atoms with Gasteiger partial charge in [-0.2, -0.15) is 0 Å². The average Bonchev–Trinajstić information content (AvgIpc) is 2.29. The molecule has 0 bridgehead atoms. The van der Waals surface area contributed by atoms with Crippen LogP contribution in [0.5, 0.6) is 0 Å². The Morgan fingerprint density at radius 3 is 2.78 bits per heavy atom. The molecule has 0 aromatic heterocycles. The third-order valence-electron chi connectivity index (χ3n) is 4.26. The molecule has 0 amide bonds. The SMILES string of the molecule is COCC(C)N(C)CC1(C(=O)O)CCCC(C)C1. The molecule has 1 aliphatic rings. The van der Waals surface area contributed by atoms with Crippen molar-refractivity contribution in [2.75, 3.05) is 27.3 Å². The second-order valence-electron chi connectivity index (χ2n) is 6.01. The lowest BCUT2D eigenvalue weighted by molar-refractivity contribution is -0.154. The smallest absolute Gasteiger partial charge is 0.310 e. The predicted octanol–water partition coefficient (Wildman–Crippen LogP) is 2.23. The van der Waals surface area contributed by atoms with E-state index in [9.17, 15) is 9.90 Å². The maximum absolute atomic E-state index is 11.7. The number of rotatable bonds is 6. The third kappa shape index (κ3) is 3.69. The van der Waals surface area contributed by atoms with Crippen LogP contribution in [0.4, 0.5) is 0 Å². The Bertz CT molecular complexity index is 282. The molecular weight excluding hydrogens is 230 g/mol. The number of likely N-dealkylation sites (N-methyl/N-ethyl adjacent to an activating group) is 1. The Morgan fingerprint density at radius 2 is 2.28 bits per heavy atom. The minimum atomic E-state index is -0.634. The van der Waals surface area contributed by atoms with Gasteiger partial charge < -0.3 is 14.7 Å². The highest BCUT2D eigenvalue weighted by Gasteiger charge is 2.43. The van der Waals surface area contributed by atoms with Crippen LogP contribution in [0.3, 0.4) is 0 Å². The van der Waals surface area contributed by atoms with Gasteiger partial charge >= 0.3 is 5.97 Å². The van der Waals surface area contributed by atoms with Crippen molar-refractivity contribution in [1.82, 2.24) is 4.90 Å². The van der Waals surface area contributed by atoms with Crippen LogP contribution in [0.1, 0.15) is 39.5 Å². The lowest BCUT2D eigenvalue weighted by Gasteiger charge is -2.40. The number of hydrogen-bond acceptors (Lipinski definition) is 3. The first-order valence-corrected chi connectivity index (χ1v) is 6.84.